The van der Waals surface area contributed by atoms with E-state index in [2.05, 4.69) is 48.1 Å². The third kappa shape index (κ3) is 15.3. The van der Waals surface area contributed by atoms with Crippen LogP contribution in [-0.2, 0) is 14.3 Å². The molecule has 0 aliphatic rings. The van der Waals surface area contributed by atoms with Gasteiger partial charge in [0.2, 0.25) is 0 Å². The maximum Gasteiger partial charge on any atom is 0.305 e. The Morgan fingerprint density at radius 2 is 1.78 bits per heavy atom. The molecule has 0 amide bonds. The van der Waals surface area contributed by atoms with Crippen LogP contribution in [0.5, 0.6) is 0 Å². The third-order valence-corrected chi connectivity index (χ3v) is 3.62. The Bertz CT molecular complexity index is 356. The Labute approximate surface area is 142 Å². The molecule has 1 atom stereocenters. The van der Waals surface area contributed by atoms with E-state index in [1.165, 1.54) is 13.5 Å². The molecule has 3 heteroatoms. The van der Waals surface area contributed by atoms with Gasteiger partial charge in [-0.25, -0.2) is 0 Å². The molecule has 132 valence electrons. The van der Waals surface area contributed by atoms with Crippen LogP contribution >= 0.6 is 0 Å². The van der Waals surface area contributed by atoms with Crippen LogP contribution in [0.1, 0.15) is 64.7 Å². The molecule has 0 saturated heterocycles. The number of allylic oxidation sites excluding steroid dienone is 5. The third-order valence-electron chi connectivity index (χ3n) is 3.62. The molecule has 0 aromatic heterocycles. The lowest BCUT2D eigenvalue weighted by Crippen LogP contribution is -2.06. The van der Waals surface area contributed by atoms with Crippen LogP contribution in [-0.4, -0.2) is 26.3 Å². The van der Waals surface area contributed by atoms with Gasteiger partial charge in [-0.05, 0) is 25.7 Å². The number of unbranched alkanes of at least 4 members (excludes halogenated alkanes) is 4. The highest BCUT2D eigenvalue weighted by molar-refractivity contribution is 5.68. The summed E-state index contributed by atoms with van der Waals surface area (Å²) in [5.41, 5.74) is 0. The largest absolute Gasteiger partial charge is 0.469 e. The lowest BCUT2D eigenvalue weighted by atomic mass is 10.1. The summed E-state index contributed by atoms with van der Waals surface area (Å²) in [6.45, 7) is 2.19. The lowest BCUT2D eigenvalue weighted by molar-refractivity contribution is -0.140. The summed E-state index contributed by atoms with van der Waals surface area (Å²) >= 11 is 0. The van der Waals surface area contributed by atoms with Crippen molar-refractivity contribution in [2.75, 3.05) is 14.2 Å². The molecule has 0 aliphatic heterocycles. The zero-order chi connectivity index (χ0) is 17.2. The van der Waals surface area contributed by atoms with Crippen molar-refractivity contribution in [3.8, 4) is 0 Å². The van der Waals surface area contributed by atoms with Crippen LogP contribution in [0.15, 0.2) is 36.5 Å². The number of methoxy groups -OCH3 is 2. The van der Waals surface area contributed by atoms with Gasteiger partial charge in [0, 0.05) is 13.5 Å². The van der Waals surface area contributed by atoms with E-state index in [-0.39, 0.29) is 12.1 Å². The second-order valence-electron chi connectivity index (χ2n) is 5.61. The summed E-state index contributed by atoms with van der Waals surface area (Å²) < 4.78 is 10.1. The average molecular weight is 322 g/mol. The Kier molecular flexibility index (Phi) is 16.0. The van der Waals surface area contributed by atoms with Gasteiger partial charge in [0.05, 0.1) is 13.2 Å². The molecule has 0 radical (unpaired) electrons. The highest BCUT2D eigenvalue weighted by Crippen LogP contribution is 2.10. The predicted octanol–water partition coefficient (Wildman–Crippen LogP) is 5.37. The molecular formula is C20H34O3. The molecule has 0 fully saturated rings. The standard InChI is InChI=1S/C20H34O3/c1-4-5-6-7-8-9-10-13-16-19(22-2)17-14-11-12-15-18-20(21)23-3/h6-7,9-10,13,16,19H,4-5,8,11-12,14-15,17-18H2,1-3H3. The molecule has 0 spiro atoms. The summed E-state index contributed by atoms with van der Waals surface area (Å²) in [5, 5.41) is 0. The van der Waals surface area contributed by atoms with Gasteiger partial charge in [-0.3, -0.25) is 4.79 Å². The highest BCUT2D eigenvalue weighted by atomic mass is 16.5. The van der Waals surface area contributed by atoms with Crippen molar-refractivity contribution in [1.82, 2.24) is 0 Å². The monoisotopic (exact) mass is 322 g/mol. The summed E-state index contributed by atoms with van der Waals surface area (Å²) in [6.07, 6.45) is 22.2. The topological polar surface area (TPSA) is 35.5 Å². The van der Waals surface area contributed by atoms with Gasteiger partial charge in [-0.1, -0.05) is 69.1 Å². The zero-order valence-corrected chi connectivity index (χ0v) is 15.1. The summed E-state index contributed by atoms with van der Waals surface area (Å²) in [4.78, 5) is 11.0. The van der Waals surface area contributed by atoms with Crippen molar-refractivity contribution in [3.63, 3.8) is 0 Å². The van der Waals surface area contributed by atoms with Gasteiger partial charge >= 0.3 is 5.97 Å². The van der Waals surface area contributed by atoms with Crippen LogP contribution in [0, 0.1) is 0 Å². The minimum absolute atomic E-state index is 0.112. The van der Waals surface area contributed by atoms with Crippen LogP contribution in [0.3, 0.4) is 0 Å². The molecule has 23 heavy (non-hydrogen) atoms. The van der Waals surface area contributed by atoms with Gasteiger partial charge in [-0.15, -0.1) is 0 Å². The van der Waals surface area contributed by atoms with E-state index in [4.69, 9.17) is 4.74 Å². The van der Waals surface area contributed by atoms with Gasteiger partial charge < -0.3 is 9.47 Å². The Hall–Kier alpha value is -1.35. The highest BCUT2D eigenvalue weighted by Gasteiger charge is 2.03. The maximum atomic E-state index is 11.0. The fraction of sp³-hybridized carbons (Fsp3) is 0.650. The minimum Gasteiger partial charge on any atom is -0.469 e. The zero-order valence-electron chi connectivity index (χ0n) is 15.1. The van der Waals surface area contributed by atoms with Crippen LogP contribution < -0.4 is 0 Å². The Morgan fingerprint density at radius 3 is 2.48 bits per heavy atom. The molecule has 0 aliphatic carbocycles. The van der Waals surface area contributed by atoms with Crippen molar-refractivity contribution < 1.29 is 14.3 Å². The van der Waals surface area contributed by atoms with E-state index in [1.807, 2.05) is 0 Å². The number of hydrogen-bond donors (Lipinski definition) is 0. The molecule has 0 N–H and O–H groups in total. The van der Waals surface area contributed by atoms with E-state index in [9.17, 15) is 4.79 Å². The predicted molar refractivity (Wildman–Crippen MR) is 97.5 cm³/mol. The van der Waals surface area contributed by atoms with Crippen molar-refractivity contribution >= 4 is 5.97 Å². The second kappa shape index (κ2) is 17.0. The molecule has 0 saturated carbocycles. The SMILES string of the molecule is CCCC=CCC=CC=CC(CCCCCCC(=O)OC)OC. The average Bonchev–Trinajstić information content (AvgIpc) is 2.57. The number of carbonyl (C=O) groups excluding carboxylic acids is 1. The first-order valence-electron chi connectivity index (χ1n) is 8.82. The van der Waals surface area contributed by atoms with Gasteiger partial charge in [0.1, 0.15) is 0 Å². The van der Waals surface area contributed by atoms with Crippen molar-refractivity contribution in [2.45, 2.75) is 70.8 Å². The van der Waals surface area contributed by atoms with Crippen molar-refractivity contribution in [1.29, 1.82) is 0 Å². The molecule has 0 aromatic carbocycles. The summed E-state index contributed by atoms with van der Waals surface area (Å²) in [7, 11) is 3.19. The van der Waals surface area contributed by atoms with Gasteiger partial charge in [-0.2, -0.15) is 0 Å². The summed E-state index contributed by atoms with van der Waals surface area (Å²) in [6, 6.07) is 0. The normalized spacial score (nSPS) is 13.3. The van der Waals surface area contributed by atoms with Gasteiger partial charge in [0.25, 0.3) is 0 Å². The lowest BCUT2D eigenvalue weighted by Gasteiger charge is -2.10. The molecule has 0 aromatic rings. The van der Waals surface area contributed by atoms with E-state index >= 15 is 0 Å². The van der Waals surface area contributed by atoms with Crippen LogP contribution in [0.2, 0.25) is 0 Å². The second-order valence-corrected chi connectivity index (χ2v) is 5.61. The molecule has 0 rings (SSSR count). The summed E-state index contributed by atoms with van der Waals surface area (Å²) in [5.74, 6) is -0.112. The molecule has 0 bridgehead atoms. The molecular weight excluding hydrogens is 288 g/mol. The number of esters is 1. The number of hydrogen-bond acceptors (Lipinski definition) is 3. The number of carbonyl (C=O) groups is 1. The quantitative estimate of drug-likeness (QED) is 0.186. The van der Waals surface area contributed by atoms with Crippen molar-refractivity contribution in [2.24, 2.45) is 0 Å². The Balaban J connectivity index is 3.70. The molecule has 3 nitrogen and oxygen atoms in total. The van der Waals surface area contributed by atoms with Crippen molar-refractivity contribution in [3.05, 3.63) is 36.5 Å². The molecule has 0 heterocycles. The fourth-order valence-electron chi connectivity index (χ4n) is 2.17. The van der Waals surface area contributed by atoms with Crippen LogP contribution in [0.4, 0.5) is 0 Å². The molecule has 1 unspecified atom stereocenters. The van der Waals surface area contributed by atoms with E-state index in [1.54, 1.807) is 7.11 Å². The number of rotatable bonds is 14. The smallest absolute Gasteiger partial charge is 0.305 e. The van der Waals surface area contributed by atoms with E-state index in [0.29, 0.717) is 6.42 Å². The fourth-order valence-corrected chi connectivity index (χ4v) is 2.17. The number of ether oxygens (including phenoxy) is 2. The maximum absolute atomic E-state index is 11.0. The van der Waals surface area contributed by atoms with E-state index in [0.717, 1.165) is 44.9 Å². The van der Waals surface area contributed by atoms with Gasteiger partial charge in [0.15, 0.2) is 0 Å². The first-order chi connectivity index (χ1) is 11.2. The Morgan fingerprint density at radius 1 is 1.00 bits per heavy atom. The first kappa shape index (κ1) is 21.6. The van der Waals surface area contributed by atoms with Crippen LogP contribution in [0.25, 0.3) is 0 Å². The first-order valence-corrected chi connectivity index (χ1v) is 8.82. The van der Waals surface area contributed by atoms with E-state index < -0.39 is 0 Å². The minimum atomic E-state index is -0.112.